The van der Waals surface area contributed by atoms with E-state index in [2.05, 4.69) is 20.4 Å². The number of phenolic OH excluding ortho intramolecular Hbond substituents is 1. The monoisotopic (exact) mass is 457 g/mol. The zero-order chi connectivity index (χ0) is 23.5. The summed E-state index contributed by atoms with van der Waals surface area (Å²) in [4.78, 5) is 14.7. The van der Waals surface area contributed by atoms with Gasteiger partial charge in [-0.2, -0.15) is 0 Å². The number of aromatic hydroxyl groups is 1. The zero-order valence-corrected chi connectivity index (χ0v) is 18.4. The van der Waals surface area contributed by atoms with E-state index in [4.69, 9.17) is 4.74 Å². The number of hydrogen-bond donors (Lipinski definition) is 2. The maximum Gasteiger partial charge on any atom is 0.254 e. The quantitative estimate of drug-likeness (QED) is 0.592. The molecule has 2 N–H and O–H groups in total. The topological polar surface area (TPSA) is 92.5 Å². The first kappa shape index (κ1) is 22.7. The number of rotatable bonds is 6. The number of carbonyl (C=O) groups excluding carboxylic acids is 1. The molecule has 1 unspecified atom stereocenters. The molecule has 1 amide bonds. The highest BCUT2D eigenvalue weighted by Crippen LogP contribution is 2.26. The van der Waals surface area contributed by atoms with Crippen LogP contribution in [0, 0.1) is 11.6 Å². The largest absolute Gasteiger partial charge is 0.508 e. The number of benzene rings is 2. The molecular formula is C23H25F2N5O3. The van der Waals surface area contributed by atoms with Gasteiger partial charge in [0.15, 0.2) is 5.82 Å². The second-order valence-corrected chi connectivity index (χ2v) is 7.97. The number of nitrogens with one attached hydrogen (secondary N) is 1. The number of nitrogens with zero attached hydrogens (tertiary/aromatic N) is 4. The minimum atomic E-state index is -0.790. The first-order valence-corrected chi connectivity index (χ1v) is 10.6. The lowest BCUT2D eigenvalue weighted by atomic mass is 10.1. The number of ether oxygens (including phenoxy) is 1. The van der Waals surface area contributed by atoms with E-state index in [1.807, 2.05) is 10.6 Å². The van der Waals surface area contributed by atoms with E-state index in [9.17, 15) is 18.7 Å². The Bertz CT molecular complexity index is 1170. The van der Waals surface area contributed by atoms with Crippen molar-refractivity contribution in [2.45, 2.75) is 32.5 Å². The van der Waals surface area contributed by atoms with Crippen molar-refractivity contribution in [2.24, 2.45) is 0 Å². The van der Waals surface area contributed by atoms with Gasteiger partial charge in [0.05, 0.1) is 18.7 Å². The second kappa shape index (κ2) is 9.53. The van der Waals surface area contributed by atoms with Crippen LogP contribution in [-0.4, -0.2) is 50.9 Å². The highest BCUT2D eigenvalue weighted by Gasteiger charge is 2.24. The van der Waals surface area contributed by atoms with Crippen LogP contribution in [-0.2, 0) is 19.5 Å². The molecule has 0 fully saturated rings. The van der Waals surface area contributed by atoms with Crippen LogP contribution >= 0.6 is 0 Å². The normalized spacial score (nSPS) is 14.9. The molecule has 0 saturated carbocycles. The molecule has 33 heavy (non-hydrogen) atoms. The highest BCUT2D eigenvalue weighted by molar-refractivity contribution is 5.94. The van der Waals surface area contributed by atoms with Crippen LogP contribution in [0.5, 0.6) is 11.5 Å². The lowest BCUT2D eigenvalue weighted by Gasteiger charge is -2.21. The number of amides is 1. The Balaban J connectivity index is 1.45. The summed E-state index contributed by atoms with van der Waals surface area (Å²) >= 11 is 0. The van der Waals surface area contributed by atoms with Crippen LogP contribution in [0.1, 0.15) is 40.5 Å². The number of phenols is 1. The van der Waals surface area contributed by atoms with Crippen LogP contribution in [0.4, 0.5) is 8.78 Å². The van der Waals surface area contributed by atoms with Crippen LogP contribution in [0.2, 0.25) is 0 Å². The first-order chi connectivity index (χ1) is 15.9. The van der Waals surface area contributed by atoms with E-state index < -0.39 is 23.6 Å². The first-order valence-electron chi connectivity index (χ1n) is 10.6. The molecule has 0 radical (unpaired) electrons. The van der Waals surface area contributed by atoms with Gasteiger partial charge < -0.3 is 19.7 Å². The molecule has 0 bridgehead atoms. The lowest BCUT2D eigenvalue weighted by Crippen LogP contribution is -2.30. The molecule has 174 valence electrons. The smallest absolute Gasteiger partial charge is 0.254 e. The van der Waals surface area contributed by atoms with Crippen molar-refractivity contribution in [3.63, 3.8) is 0 Å². The lowest BCUT2D eigenvalue weighted by molar-refractivity contribution is 0.0933. The van der Waals surface area contributed by atoms with Crippen molar-refractivity contribution in [3.05, 3.63) is 70.8 Å². The number of fused-ring (bicyclic) bond motifs is 1. The van der Waals surface area contributed by atoms with Gasteiger partial charge in [0.25, 0.3) is 5.91 Å². The molecule has 1 atom stereocenters. The van der Waals surface area contributed by atoms with E-state index >= 15 is 0 Å². The van der Waals surface area contributed by atoms with Crippen LogP contribution in [0.25, 0.3) is 0 Å². The molecule has 0 spiro atoms. The van der Waals surface area contributed by atoms with Crippen molar-refractivity contribution in [2.75, 3.05) is 20.2 Å². The molecule has 10 heteroatoms. The predicted molar refractivity (Wildman–Crippen MR) is 116 cm³/mol. The minimum Gasteiger partial charge on any atom is -0.508 e. The third kappa shape index (κ3) is 4.95. The van der Waals surface area contributed by atoms with Crippen LogP contribution in [0.15, 0.2) is 36.4 Å². The third-order valence-corrected chi connectivity index (χ3v) is 5.72. The molecule has 0 aliphatic carbocycles. The van der Waals surface area contributed by atoms with E-state index in [-0.39, 0.29) is 11.3 Å². The van der Waals surface area contributed by atoms with Gasteiger partial charge in [-0.05, 0) is 31.2 Å². The summed E-state index contributed by atoms with van der Waals surface area (Å²) in [5.41, 5.74) is 0.609. The van der Waals surface area contributed by atoms with Gasteiger partial charge >= 0.3 is 0 Å². The van der Waals surface area contributed by atoms with Gasteiger partial charge in [0.1, 0.15) is 29.0 Å². The summed E-state index contributed by atoms with van der Waals surface area (Å²) < 4.78 is 34.7. The van der Waals surface area contributed by atoms with Gasteiger partial charge in [-0.25, -0.2) is 8.78 Å². The molecule has 4 rings (SSSR count). The van der Waals surface area contributed by atoms with Crippen LogP contribution in [0.3, 0.4) is 0 Å². The van der Waals surface area contributed by atoms with Crippen molar-refractivity contribution in [3.8, 4) is 11.5 Å². The zero-order valence-electron chi connectivity index (χ0n) is 18.4. The maximum absolute atomic E-state index is 13.9. The Morgan fingerprint density at radius 1 is 1.18 bits per heavy atom. The molecule has 1 aliphatic heterocycles. The molecule has 1 aliphatic rings. The molecule has 0 saturated heterocycles. The number of carbonyl (C=O) groups is 1. The minimum absolute atomic E-state index is 0.150. The summed E-state index contributed by atoms with van der Waals surface area (Å²) in [6, 6.07) is 7.28. The number of halogens is 2. The SMILES string of the molecule is COc1cc(O)ccc1CN1CCc2nnc(C(C)NC(=O)c3cc(F)ccc3F)n2CC1. The summed E-state index contributed by atoms with van der Waals surface area (Å²) in [7, 11) is 1.57. The van der Waals surface area contributed by atoms with Crippen molar-refractivity contribution < 1.29 is 23.4 Å². The van der Waals surface area contributed by atoms with Crippen molar-refractivity contribution >= 4 is 5.91 Å². The number of hydrogen-bond acceptors (Lipinski definition) is 6. The molecule has 8 nitrogen and oxygen atoms in total. The Morgan fingerprint density at radius 3 is 2.79 bits per heavy atom. The Morgan fingerprint density at radius 2 is 2.00 bits per heavy atom. The summed E-state index contributed by atoms with van der Waals surface area (Å²) in [5, 5.41) is 20.9. The molecule has 2 heterocycles. The fourth-order valence-corrected chi connectivity index (χ4v) is 3.98. The Kier molecular flexibility index (Phi) is 6.55. The predicted octanol–water partition coefficient (Wildman–Crippen LogP) is 2.82. The average Bonchev–Trinajstić information content (AvgIpc) is 3.10. The van der Waals surface area contributed by atoms with E-state index in [1.54, 1.807) is 26.2 Å². The standard InChI is InChI=1S/C23H25F2N5O3/c1-14(26-23(32)18-11-16(24)4-6-19(18)25)22-28-27-21-7-8-29(9-10-30(21)22)13-15-3-5-17(31)12-20(15)33-2/h3-6,11-12,14,31H,7-10,13H2,1-2H3,(H,26,32). The Labute approximate surface area is 189 Å². The van der Waals surface area contributed by atoms with Crippen molar-refractivity contribution in [1.29, 1.82) is 0 Å². The number of aromatic nitrogens is 3. The van der Waals surface area contributed by atoms with E-state index in [0.29, 0.717) is 37.6 Å². The maximum atomic E-state index is 13.9. The third-order valence-electron chi connectivity index (χ3n) is 5.72. The summed E-state index contributed by atoms with van der Waals surface area (Å²) in [6.45, 7) is 4.43. The van der Waals surface area contributed by atoms with E-state index in [1.165, 1.54) is 0 Å². The van der Waals surface area contributed by atoms with Gasteiger partial charge in [-0.3, -0.25) is 9.69 Å². The molecule has 1 aromatic heterocycles. The van der Waals surface area contributed by atoms with Gasteiger partial charge in [-0.15, -0.1) is 10.2 Å². The summed E-state index contributed by atoms with van der Waals surface area (Å²) in [5.74, 6) is -0.0666. The molecular weight excluding hydrogens is 432 g/mol. The number of methoxy groups -OCH3 is 1. The van der Waals surface area contributed by atoms with Gasteiger partial charge in [0.2, 0.25) is 0 Å². The fourth-order valence-electron chi connectivity index (χ4n) is 3.98. The van der Waals surface area contributed by atoms with E-state index in [0.717, 1.165) is 36.1 Å². The highest BCUT2D eigenvalue weighted by atomic mass is 19.1. The molecule has 2 aromatic carbocycles. The molecule has 3 aromatic rings. The average molecular weight is 457 g/mol. The second-order valence-electron chi connectivity index (χ2n) is 7.97. The fraction of sp³-hybridized carbons (Fsp3) is 0.348. The van der Waals surface area contributed by atoms with Gasteiger partial charge in [0, 0.05) is 44.2 Å². The van der Waals surface area contributed by atoms with Crippen LogP contribution < -0.4 is 10.1 Å². The van der Waals surface area contributed by atoms with Gasteiger partial charge in [-0.1, -0.05) is 6.07 Å². The summed E-state index contributed by atoms with van der Waals surface area (Å²) in [6.07, 6.45) is 0.659. The van der Waals surface area contributed by atoms with Crippen molar-refractivity contribution in [1.82, 2.24) is 25.0 Å². The Hall–Kier alpha value is -3.53.